The summed E-state index contributed by atoms with van der Waals surface area (Å²) >= 11 is 0. The Kier molecular flexibility index (Phi) is 3.88. The molecule has 0 saturated heterocycles. The van der Waals surface area contributed by atoms with Crippen LogP contribution in [0.2, 0.25) is 0 Å². The van der Waals surface area contributed by atoms with Crippen LogP contribution >= 0.6 is 0 Å². The average molecular weight is 241 g/mol. The Bertz CT molecular complexity index is 520. The van der Waals surface area contributed by atoms with Gasteiger partial charge in [-0.1, -0.05) is 36.4 Å². The molecule has 94 valence electrons. The lowest BCUT2D eigenvalue weighted by molar-refractivity contribution is 0.318. The molecule has 0 fully saturated rings. The van der Waals surface area contributed by atoms with Crippen molar-refractivity contribution in [2.75, 3.05) is 12.3 Å². The quantitative estimate of drug-likeness (QED) is 0.831. The molecule has 2 heteroatoms. The van der Waals surface area contributed by atoms with Crippen LogP contribution in [0.5, 0.6) is 5.75 Å². The van der Waals surface area contributed by atoms with Gasteiger partial charge in [-0.15, -0.1) is 0 Å². The van der Waals surface area contributed by atoms with Crippen LogP contribution < -0.4 is 10.5 Å². The lowest BCUT2D eigenvalue weighted by Crippen LogP contribution is -2.05. The SMILES string of the molecule is Cc1ccc(N)c(C)c1OCCc1ccccc1. The summed E-state index contributed by atoms with van der Waals surface area (Å²) in [6, 6.07) is 14.3. The fourth-order valence-corrected chi connectivity index (χ4v) is 1.98. The third kappa shape index (κ3) is 2.83. The molecule has 0 aliphatic heterocycles. The summed E-state index contributed by atoms with van der Waals surface area (Å²) in [6.07, 6.45) is 0.911. The molecule has 2 N–H and O–H groups in total. The Balaban J connectivity index is 2.01. The van der Waals surface area contributed by atoms with Crippen molar-refractivity contribution in [1.29, 1.82) is 0 Å². The highest BCUT2D eigenvalue weighted by Gasteiger charge is 2.06. The van der Waals surface area contributed by atoms with E-state index < -0.39 is 0 Å². The molecule has 0 aliphatic rings. The second-order valence-electron chi connectivity index (χ2n) is 4.51. The predicted molar refractivity (Wildman–Crippen MR) is 76.0 cm³/mol. The van der Waals surface area contributed by atoms with Crippen molar-refractivity contribution in [3.63, 3.8) is 0 Å². The van der Waals surface area contributed by atoms with E-state index in [1.807, 2.05) is 44.2 Å². The molecule has 0 heterocycles. The average Bonchev–Trinajstić information content (AvgIpc) is 2.39. The normalized spacial score (nSPS) is 10.3. The van der Waals surface area contributed by atoms with Crippen LogP contribution in [0.15, 0.2) is 42.5 Å². The van der Waals surface area contributed by atoms with Crippen molar-refractivity contribution in [2.24, 2.45) is 0 Å². The summed E-state index contributed by atoms with van der Waals surface area (Å²) in [4.78, 5) is 0. The molecule has 2 aromatic rings. The van der Waals surface area contributed by atoms with Crippen molar-refractivity contribution >= 4 is 5.69 Å². The van der Waals surface area contributed by atoms with Gasteiger partial charge in [-0.2, -0.15) is 0 Å². The van der Waals surface area contributed by atoms with E-state index in [1.165, 1.54) is 5.56 Å². The summed E-state index contributed by atoms with van der Waals surface area (Å²) < 4.78 is 5.87. The highest BCUT2D eigenvalue weighted by molar-refractivity contribution is 5.56. The fraction of sp³-hybridized carbons (Fsp3) is 0.250. The number of hydrogen-bond donors (Lipinski definition) is 1. The Hall–Kier alpha value is -1.96. The van der Waals surface area contributed by atoms with Gasteiger partial charge in [0.15, 0.2) is 0 Å². The first-order valence-electron chi connectivity index (χ1n) is 6.21. The number of hydrogen-bond acceptors (Lipinski definition) is 2. The van der Waals surface area contributed by atoms with E-state index in [0.717, 1.165) is 29.0 Å². The minimum atomic E-state index is 0.676. The molecule has 0 aliphatic carbocycles. The lowest BCUT2D eigenvalue weighted by Gasteiger charge is -2.13. The minimum absolute atomic E-state index is 0.676. The molecule has 0 aromatic heterocycles. The molecule has 0 atom stereocenters. The van der Waals surface area contributed by atoms with Gasteiger partial charge >= 0.3 is 0 Å². The molecule has 0 amide bonds. The minimum Gasteiger partial charge on any atom is -0.493 e. The molecular formula is C16H19NO. The van der Waals surface area contributed by atoms with Crippen molar-refractivity contribution in [3.8, 4) is 5.75 Å². The molecule has 2 nitrogen and oxygen atoms in total. The lowest BCUT2D eigenvalue weighted by atomic mass is 10.1. The Labute approximate surface area is 108 Å². The second kappa shape index (κ2) is 5.58. The van der Waals surface area contributed by atoms with Crippen molar-refractivity contribution in [3.05, 3.63) is 59.2 Å². The number of rotatable bonds is 4. The Morgan fingerprint density at radius 2 is 1.72 bits per heavy atom. The maximum Gasteiger partial charge on any atom is 0.127 e. The maximum absolute atomic E-state index is 5.89. The van der Waals surface area contributed by atoms with Crippen LogP contribution in [0.1, 0.15) is 16.7 Å². The van der Waals surface area contributed by atoms with Gasteiger partial charge in [0.2, 0.25) is 0 Å². The molecule has 0 spiro atoms. The van der Waals surface area contributed by atoms with Crippen LogP contribution in [-0.4, -0.2) is 6.61 Å². The van der Waals surface area contributed by atoms with Gasteiger partial charge in [0, 0.05) is 17.7 Å². The number of ether oxygens (including phenoxy) is 1. The molecule has 0 radical (unpaired) electrons. The largest absolute Gasteiger partial charge is 0.493 e. The zero-order valence-electron chi connectivity index (χ0n) is 10.9. The highest BCUT2D eigenvalue weighted by Crippen LogP contribution is 2.27. The molecule has 0 bridgehead atoms. The van der Waals surface area contributed by atoms with Gasteiger partial charge in [-0.05, 0) is 31.0 Å². The van der Waals surface area contributed by atoms with Gasteiger partial charge in [0.25, 0.3) is 0 Å². The topological polar surface area (TPSA) is 35.2 Å². The second-order valence-corrected chi connectivity index (χ2v) is 4.51. The third-order valence-electron chi connectivity index (χ3n) is 3.12. The molecule has 18 heavy (non-hydrogen) atoms. The monoisotopic (exact) mass is 241 g/mol. The summed E-state index contributed by atoms with van der Waals surface area (Å²) in [6.45, 7) is 4.72. The zero-order chi connectivity index (χ0) is 13.0. The van der Waals surface area contributed by atoms with Crippen LogP contribution in [0, 0.1) is 13.8 Å². The zero-order valence-corrected chi connectivity index (χ0v) is 10.9. The summed E-state index contributed by atoms with van der Waals surface area (Å²) in [5, 5.41) is 0. The first-order chi connectivity index (χ1) is 8.68. The van der Waals surface area contributed by atoms with E-state index in [-0.39, 0.29) is 0 Å². The number of nitrogens with two attached hydrogens (primary N) is 1. The first-order valence-corrected chi connectivity index (χ1v) is 6.21. The van der Waals surface area contributed by atoms with Gasteiger partial charge in [0.1, 0.15) is 5.75 Å². The van der Waals surface area contributed by atoms with Gasteiger partial charge in [-0.25, -0.2) is 0 Å². The number of benzene rings is 2. The first kappa shape index (κ1) is 12.5. The molecule has 0 unspecified atom stereocenters. The molecular weight excluding hydrogens is 222 g/mol. The summed E-state index contributed by atoms with van der Waals surface area (Å²) in [7, 11) is 0. The highest BCUT2D eigenvalue weighted by atomic mass is 16.5. The van der Waals surface area contributed by atoms with Crippen LogP contribution in [0.4, 0.5) is 5.69 Å². The van der Waals surface area contributed by atoms with E-state index in [9.17, 15) is 0 Å². The van der Waals surface area contributed by atoms with E-state index in [4.69, 9.17) is 10.5 Å². The number of nitrogen functional groups attached to an aromatic ring is 1. The van der Waals surface area contributed by atoms with Gasteiger partial charge in [0.05, 0.1) is 6.61 Å². The van der Waals surface area contributed by atoms with Crippen molar-refractivity contribution in [1.82, 2.24) is 0 Å². The number of aryl methyl sites for hydroxylation is 1. The van der Waals surface area contributed by atoms with E-state index in [0.29, 0.717) is 6.61 Å². The Morgan fingerprint density at radius 1 is 1.00 bits per heavy atom. The standard InChI is InChI=1S/C16H19NO/c1-12-8-9-15(17)13(2)16(12)18-11-10-14-6-4-3-5-7-14/h3-9H,10-11,17H2,1-2H3. The van der Waals surface area contributed by atoms with Crippen LogP contribution in [0.3, 0.4) is 0 Å². The van der Waals surface area contributed by atoms with Crippen LogP contribution in [-0.2, 0) is 6.42 Å². The van der Waals surface area contributed by atoms with E-state index >= 15 is 0 Å². The van der Waals surface area contributed by atoms with Crippen LogP contribution in [0.25, 0.3) is 0 Å². The molecule has 2 rings (SSSR count). The molecule has 2 aromatic carbocycles. The maximum atomic E-state index is 5.89. The fourth-order valence-electron chi connectivity index (χ4n) is 1.98. The molecule has 0 saturated carbocycles. The van der Waals surface area contributed by atoms with Gasteiger partial charge in [-0.3, -0.25) is 0 Å². The van der Waals surface area contributed by atoms with Crippen molar-refractivity contribution in [2.45, 2.75) is 20.3 Å². The Morgan fingerprint density at radius 3 is 2.44 bits per heavy atom. The van der Waals surface area contributed by atoms with Crippen molar-refractivity contribution < 1.29 is 4.74 Å². The summed E-state index contributed by atoms with van der Waals surface area (Å²) in [5.74, 6) is 0.922. The van der Waals surface area contributed by atoms with Gasteiger partial charge < -0.3 is 10.5 Å². The number of anilines is 1. The van der Waals surface area contributed by atoms with E-state index in [2.05, 4.69) is 12.1 Å². The third-order valence-corrected chi connectivity index (χ3v) is 3.12. The summed E-state index contributed by atoms with van der Waals surface area (Å²) in [5.41, 5.74) is 10.1. The van der Waals surface area contributed by atoms with E-state index in [1.54, 1.807) is 0 Å². The predicted octanol–water partition coefficient (Wildman–Crippen LogP) is 3.51. The smallest absolute Gasteiger partial charge is 0.127 e.